The molecule has 0 saturated heterocycles. The van der Waals surface area contributed by atoms with Gasteiger partial charge in [-0.25, -0.2) is 0 Å². The lowest BCUT2D eigenvalue weighted by atomic mass is 10.1. The van der Waals surface area contributed by atoms with Crippen LogP contribution in [0, 0.1) is 0 Å². The van der Waals surface area contributed by atoms with Crippen LogP contribution in [0.25, 0.3) is 0 Å². The summed E-state index contributed by atoms with van der Waals surface area (Å²) < 4.78 is 5.43. The van der Waals surface area contributed by atoms with Crippen LogP contribution in [-0.2, 0) is 11.3 Å². The van der Waals surface area contributed by atoms with Crippen LogP contribution in [0.1, 0.15) is 22.3 Å². The Hall–Kier alpha value is -2.62. The van der Waals surface area contributed by atoms with Crippen molar-refractivity contribution in [3.05, 3.63) is 65.7 Å². The van der Waals surface area contributed by atoms with E-state index in [-0.39, 0.29) is 5.91 Å². The summed E-state index contributed by atoms with van der Waals surface area (Å²) in [6, 6.07) is 16.9. The van der Waals surface area contributed by atoms with Gasteiger partial charge in [-0.1, -0.05) is 36.4 Å². The highest BCUT2D eigenvalue weighted by Crippen LogP contribution is 2.16. The average molecular weight is 297 g/mol. The molecule has 0 aliphatic rings. The summed E-state index contributed by atoms with van der Waals surface area (Å²) in [6.07, 6.45) is 1.15. The minimum absolute atomic E-state index is 0.0651. The molecule has 2 rings (SSSR count). The van der Waals surface area contributed by atoms with Gasteiger partial charge in [-0.15, -0.1) is 0 Å². The molecule has 0 radical (unpaired) electrons. The maximum atomic E-state index is 12.4. The molecule has 0 fully saturated rings. The Morgan fingerprint density at radius 1 is 1.14 bits per heavy atom. The second-order valence-electron chi connectivity index (χ2n) is 4.98. The molecule has 4 nitrogen and oxygen atoms in total. The molecule has 0 atom stereocenters. The predicted molar refractivity (Wildman–Crippen MR) is 84.9 cm³/mol. The zero-order valence-electron chi connectivity index (χ0n) is 12.6. The summed E-state index contributed by atoms with van der Waals surface area (Å²) >= 11 is 0. The zero-order valence-corrected chi connectivity index (χ0v) is 12.6. The fourth-order valence-corrected chi connectivity index (χ4v) is 2.09. The van der Waals surface area contributed by atoms with Gasteiger partial charge in [0.25, 0.3) is 5.91 Å². The summed E-state index contributed by atoms with van der Waals surface area (Å²) in [4.78, 5) is 24.4. The zero-order chi connectivity index (χ0) is 15.8. The van der Waals surface area contributed by atoms with Crippen LogP contribution in [0.4, 0.5) is 0 Å². The first-order valence-corrected chi connectivity index (χ1v) is 7.16. The Bertz CT molecular complexity index is 625. The number of ether oxygens (including phenoxy) is 1. The molecule has 0 spiro atoms. The molecule has 0 saturated carbocycles. The predicted octanol–water partition coefficient (Wildman–Crippen LogP) is 2.93. The third-order valence-electron chi connectivity index (χ3n) is 3.19. The minimum Gasteiger partial charge on any atom is -0.493 e. The maximum absolute atomic E-state index is 12.4. The Morgan fingerprint density at radius 2 is 1.91 bits per heavy atom. The van der Waals surface area contributed by atoms with Crippen LogP contribution in [0.3, 0.4) is 0 Å². The van der Waals surface area contributed by atoms with Crippen molar-refractivity contribution in [2.75, 3.05) is 13.7 Å². The molecule has 1 amide bonds. The number of carbonyl (C=O) groups excluding carboxylic acids is 2. The quantitative estimate of drug-likeness (QED) is 0.583. The van der Waals surface area contributed by atoms with Gasteiger partial charge in [0, 0.05) is 25.6 Å². The van der Waals surface area contributed by atoms with Crippen LogP contribution in [0.15, 0.2) is 54.6 Å². The topological polar surface area (TPSA) is 46.6 Å². The van der Waals surface area contributed by atoms with Crippen LogP contribution in [0.2, 0.25) is 0 Å². The van der Waals surface area contributed by atoms with Gasteiger partial charge in [-0.05, 0) is 23.8 Å². The van der Waals surface area contributed by atoms with Crippen molar-refractivity contribution in [1.29, 1.82) is 0 Å². The van der Waals surface area contributed by atoms with E-state index in [1.54, 1.807) is 36.2 Å². The molecule has 0 unspecified atom stereocenters. The first-order valence-electron chi connectivity index (χ1n) is 7.16. The van der Waals surface area contributed by atoms with Gasteiger partial charge in [-0.3, -0.25) is 4.79 Å². The Labute approximate surface area is 130 Å². The molecule has 0 N–H and O–H groups in total. The first-order chi connectivity index (χ1) is 10.7. The second kappa shape index (κ2) is 7.98. The summed E-state index contributed by atoms with van der Waals surface area (Å²) in [5, 5.41) is 0. The summed E-state index contributed by atoms with van der Waals surface area (Å²) in [6.45, 7) is 0.872. The molecular formula is C18H19NO3. The highest BCUT2D eigenvalue weighted by Gasteiger charge is 2.12. The fraction of sp³-hybridized carbons (Fsp3) is 0.222. The number of carbonyl (C=O) groups is 2. The molecule has 0 bridgehead atoms. The first kappa shape index (κ1) is 15.8. The smallest absolute Gasteiger partial charge is 0.254 e. The van der Waals surface area contributed by atoms with Crippen molar-refractivity contribution in [1.82, 2.24) is 4.90 Å². The number of aldehydes is 1. The van der Waals surface area contributed by atoms with E-state index in [1.165, 1.54) is 0 Å². The van der Waals surface area contributed by atoms with E-state index < -0.39 is 0 Å². The van der Waals surface area contributed by atoms with Crippen molar-refractivity contribution in [3.8, 4) is 5.75 Å². The van der Waals surface area contributed by atoms with Gasteiger partial charge in [0.1, 0.15) is 12.0 Å². The van der Waals surface area contributed by atoms with Gasteiger partial charge in [0.15, 0.2) is 0 Å². The van der Waals surface area contributed by atoms with E-state index in [2.05, 4.69) is 0 Å². The Morgan fingerprint density at radius 3 is 2.64 bits per heavy atom. The standard InChI is InChI=1S/C18H19NO3/c1-19(14-15-7-3-2-4-8-15)18(21)16-9-5-10-17(13-16)22-12-6-11-20/h2-5,7-11,13H,6,12,14H2,1H3. The minimum atomic E-state index is -0.0651. The number of hydrogen-bond donors (Lipinski definition) is 0. The number of benzene rings is 2. The van der Waals surface area contributed by atoms with Crippen LogP contribution >= 0.6 is 0 Å². The number of amides is 1. The average Bonchev–Trinajstić information content (AvgIpc) is 2.55. The van der Waals surface area contributed by atoms with Crippen molar-refractivity contribution in [2.45, 2.75) is 13.0 Å². The largest absolute Gasteiger partial charge is 0.493 e. The Kier molecular flexibility index (Phi) is 5.72. The lowest BCUT2D eigenvalue weighted by Gasteiger charge is -2.17. The fourth-order valence-electron chi connectivity index (χ4n) is 2.09. The molecule has 0 aliphatic carbocycles. The van der Waals surface area contributed by atoms with Gasteiger partial charge < -0.3 is 14.4 Å². The van der Waals surface area contributed by atoms with Crippen molar-refractivity contribution in [3.63, 3.8) is 0 Å². The van der Waals surface area contributed by atoms with E-state index >= 15 is 0 Å². The number of hydrogen-bond acceptors (Lipinski definition) is 3. The molecule has 2 aromatic rings. The van der Waals surface area contributed by atoms with Crippen LogP contribution < -0.4 is 4.74 Å². The molecule has 0 aromatic heterocycles. The Balaban J connectivity index is 2.02. The summed E-state index contributed by atoms with van der Waals surface area (Å²) in [7, 11) is 1.77. The van der Waals surface area contributed by atoms with E-state index in [0.29, 0.717) is 30.9 Å². The van der Waals surface area contributed by atoms with Crippen LogP contribution in [0.5, 0.6) is 5.75 Å². The molecule has 114 valence electrons. The number of rotatable bonds is 7. The SMILES string of the molecule is CN(Cc1ccccc1)C(=O)c1cccc(OCCC=O)c1. The van der Waals surface area contributed by atoms with Gasteiger partial charge >= 0.3 is 0 Å². The van der Waals surface area contributed by atoms with Gasteiger partial charge in [0.2, 0.25) is 0 Å². The number of nitrogens with zero attached hydrogens (tertiary/aromatic N) is 1. The van der Waals surface area contributed by atoms with Crippen molar-refractivity contribution >= 4 is 12.2 Å². The second-order valence-corrected chi connectivity index (χ2v) is 4.98. The normalized spacial score (nSPS) is 10.0. The maximum Gasteiger partial charge on any atom is 0.254 e. The van der Waals surface area contributed by atoms with E-state index in [9.17, 15) is 9.59 Å². The lowest BCUT2D eigenvalue weighted by molar-refractivity contribution is -0.108. The lowest BCUT2D eigenvalue weighted by Crippen LogP contribution is -2.26. The molecule has 22 heavy (non-hydrogen) atoms. The summed E-state index contributed by atoms with van der Waals surface area (Å²) in [5.74, 6) is 0.533. The monoisotopic (exact) mass is 297 g/mol. The van der Waals surface area contributed by atoms with Gasteiger partial charge in [-0.2, -0.15) is 0 Å². The molecule has 4 heteroatoms. The molecular weight excluding hydrogens is 278 g/mol. The van der Waals surface area contributed by atoms with Crippen LogP contribution in [-0.4, -0.2) is 30.7 Å². The molecule has 0 aliphatic heterocycles. The van der Waals surface area contributed by atoms with E-state index in [0.717, 1.165) is 11.8 Å². The highest BCUT2D eigenvalue weighted by atomic mass is 16.5. The third kappa shape index (κ3) is 4.45. The van der Waals surface area contributed by atoms with Gasteiger partial charge in [0.05, 0.1) is 6.61 Å². The highest BCUT2D eigenvalue weighted by molar-refractivity contribution is 5.94. The van der Waals surface area contributed by atoms with E-state index in [4.69, 9.17) is 4.74 Å². The summed E-state index contributed by atoms with van der Waals surface area (Å²) in [5.41, 5.74) is 1.65. The molecule has 2 aromatic carbocycles. The van der Waals surface area contributed by atoms with Crippen molar-refractivity contribution in [2.24, 2.45) is 0 Å². The molecule has 0 heterocycles. The van der Waals surface area contributed by atoms with Crippen molar-refractivity contribution < 1.29 is 14.3 Å². The third-order valence-corrected chi connectivity index (χ3v) is 3.19. The van der Waals surface area contributed by atoms with E-state index in [1.807, 2.05) is 30.3 Å².